The summed E-state index contributed by atoms with van der Waals surface area (Å²) in [5.74, 6) is -0.974. The van der Waals surface area contributed by atoms with Gasteiger partial charge in [-0.3, -0.25) is 9.59 Å². The number of sulfone groups is 1. The van der Waals surface area contributed by atoms with E-state index in [4.69, 9.17) is 0 Å². The number of hydrogen-bond acceptors (Lipinski definition) is 5. The Morgan fingerprint density at radius 3 is 2.54 bits per heavy atom. The number of aryl methyl sites for hydroxylation is 2. The van der Waals surface area contributed by atoms with Gasteiger partial charge >= 0.3 is 0 Å². The largest absolute Gasteiger partial charge is 0.425 e. The summed E-state index contributed by atoms with van der Waals surface area (Å²) in [6, 6.07) is 7.58. The van der Waals surface area contributed by atoms with Crippen LogP contribution >= 0.6 is 0 Å². The van der Waals surface area contributed by atoms with Gasteiger partial charge in [0.2, 0.25) is 0 Å². The Morgan fingerprint density at radius 2 is 1.92 bits per heavy atom. The minimum Gasteiger partial charge on any atom is -0.425 e. The van der Waals surface area contributed by atoms with Crippen LogP contribution < -0.4 is 10.9 Å². The monoisotopic (exact) mass is 374 g/mol. The number of pyridine rings is 1. The minimum atomic E-state index is -3.32. The van der Waals surface area contributed by atoms with Crippen LogP contribution in [0.2, 0.25) is 0 Å². The number of aromatic nitrogens is 1. The van der Waals surface area contributed by atoms with Gasteiger partial charge in [0.05, 0.1) is 17.4 Å². The summed E-state index contributed by atoms with van der Waals surface area (Å²) in [6.07, 6.45) is 1.36. The molecule has 2 N–H and O–H groups in total. The Hall–Kier alpha value is -2.87. The van der Waals surface area contributed by atoms with Crippen LogP contribution in [-0.4, -0.2) is 36.1 Å². The number of hydrogen-bond donors (Lipinski definition) is 2. The topological polar surface area (TPSA) is 105 Å². The molecule has 2 heterocycles. The highest BCUT2D eigenvalue weighted by Crippen LogP contribution is 2.19. The van der Waals surface area contributed by atoms with Crippen LogP contribution in [0.1, 0.15) is 21.6 Å². The molecule has 3 rings (SSSR count). The highest BCUT2D eigenvalue weighted by atomic mass is 32.2. The maximum absolute atomic E-state index is 12.5. The molecule has 2 aromatic rings. The molecule has 8 heteroatoms. The first-order valence-electron chi connectivity index (χ1n) is 7.93. The third-order valence-electron chi connectivity index (χ3n) is 4.36. The number of nitrogens with one attached hydrogen (secondary N) is 1. The minimum absolute atomic E-state index is 0.241. The molecule has 0 spiro atoms. The summed E-state index contributed by atoms with van der Waals surface area (Å²) in [5.41, 5.74) is 1.99. The van der Waals surface area contributed by atoms with Crippen LogP contribution in [0.25, 0.3) is 11.1 Å². The summed E-state index contributed by atoms with van der Waals surface area (Å²) < 4.78 is 23.1. The molecule has 1 atom stereocenters. The normalized spacial score (nSPS) is 18.0. The van der Waals surface area contributed by atoms with Gasteiger partial charge in [-0.15, -0.1) is 4.73 Å². The quantitative estimate of drug-likeness (QED) is 0.790. The van der Waals surface area contributed by atoms with Crippen molar-refractivity contribution < 1.29 is 18.4 Å². The molecular formula is C18H18N2O5S. The van der Waals surface area contributed by atoms with E-state index >= 15 is 0 Å². The molecule has 1 aliphatic heterocycles. The lowest BCUT2D eigenvalue weighted by Crippen LogP contribution is -2.38. The van der Waals surface area contributed by atoms with Crippen molar-refractivity contribution in [1.82, 2.24) is 10.0 Å². The summed E-state index contributed by atoms with van der Waals surface area (Å²) in [4.78, 5) is 24.7. The van der Waals surface area contributed by atoms with E-state index in [1.54, 1.807) is 6.07 Å². The molecule has 7 nitrogen and oxygen atoms in total. The van der Waals surface area contributed by atoms with E-state index in [1.807, 2.05) is 26.0 Å². The maximum Gasteiger partial charge on any atom is 0.291 e. The van der Waals surface area contributed by atoms with Gasteiger partial charge in [-0.25, -0.2) is 8.42 Å². The fourth-order valence-corrected chi connectivity index (χ4v) is 3.97. The molecule has 1 aliphatic rings. The van der Waals surface area contributed by atoms with Crippen molar-refractivity contribution in [3.8, 4) is 11.1 Å². The standard InChI is InChI=1S/C18H18N2O5S/c1-11-3-4-13(9-12(11)2)15-5-6-16(20(23)18(15)22)17(21)19-14-7-8-26(24,25)10-14/h3-9,14,23H,10H2,1-2H3,(H,19,21). The summed E-state index contributed by atoms with van der Waals surface area (Å²) in [7, 11) is -3.32. The van der Waals surface area contributed by atoms with Gasteiger partial charge in [-0.1, -0.05) is 18.2 Å². The van der Waals surface area contributed by atoms with Gasteiger partial charge in [0.1, 0.15) is 5.69 Å². The predicted octanol–water partition coefficient (Wildman–Crippen LogP) is 1.41. The average molecular weight is 374 g/mol. The molecule has 1 unspecified atom stereocenters. The summed E-state index contributed by atoms with van der Waals surface area (Å²) >= 11 is 0. The fourth-order valence-electron chi connectivity index (χ4n) is 2.74. The lowest BCUT2D eigenvalue weighted by molar-refractivity contribution is 0.0886. The van der Waals surface area contributed by atoms with Crippen molar-refractivity contribution in [2.75, 3.05) is 5.75 Å². The molecule has 136 valence electrons. The summed E-state index contributed by atoms with van der Waals surface area (Å²) in [6.45, 7) is 3.87. The first-order chi connectivity index (χ1) is 12.2. The molecule has 0 saturated carbocycles. The Morgan fingerprint density at radius 1 is 1.19 bits per heavy atom. The second-order valence-electron chi connectivity index (χ2n) is 6.29. The van der Waals surface area contributed by atoms with Crippen molar-refractivity contribution in [2.24, 2.45) is 0 Å². The lowest BCUT2D eigenvalue weighted by Gasteiger charge is -2.13. The Kier molecular flexibility index (Phi) is 4.45. The van der Waals surface area contributed by atoms with Gasteiger partial charge in [0.25, 0.3) is 11.5 Å². The highest BCUT2D eigenvalue weighted by molar-refractivity contribution is 7.94. The molecule has 1 aromatic heterocycles. The number of nitrogens with zero attached hydrogens (tertiary/aromatic N) is 1. The molecule has 0 bridgehead atoms. The van der Waals surface area contributed by atoms with Crippen LogP contribution in [0.3, 0.4) is 0 Å². The van der Waals surface area contributed by atoms with E-state index in [0.717, 1.165) is 16.5 Å². The van der Waals surface area contributed by atoms with Crippen LogP contribution in [0, 0.1) is 13.8 Å². The number of amides is 1. The zero-order chi connectivity index (χ0) is 19.1. The van der Waals surface area contributed by atoms with E-state index in [1.165, 1.54) is 18.2 Å². The SMILES string of the molecule is Cc1ccc(-c2ccc(C(=O)NC3C=CS(=O)(=O)C3)n(O)c2=O)cc1C. The van der Waals surface area contributed by atoms with Gasteiger partial charge in [0, 0.05) is 5.41 Å². The molecule has 0 aliphatic carbocycles. The van der Waals surface area contributed by atoms with Gasteiger partial charge in [-0.05, 0) is 48.7 Å². The molecule has 26 heavy (non-hydrogen) atoms. The summed E-state index contributed by atoms with van der Waals surface area (Å²) in [5, 5.41) is 13.6. The average Bonchev–Trinajstić information content (AvgIpc) is 2.91. The van der Waals surface area contributed by atoms with Crippen LogP contribution in [0.5, 0.6) is 0 Å². The predicted molar refractivity (Wildman–Crippen MR) is 97.0 cm³/mol. The van der Waals surface area contributed by atoms with Crippen molar-refractivity contribution in [2.45, 2.75) is 19.9 Å². The van der Waals surface area contributed by atoms with Crippen LogP contribution in [0.4, 0.5) is 0 Å². The van der Waals surface area contributed by atoms with E-state index in [-0.39, 0.29) is 21.7 Å². The van der Waals surface area contributed by atoms with E-state index in [9.17, 15) is 23.2 Å². The molecule has 0 fully saturated rings. The van der Waals surface area contributed by atoms with E-state index in [0.29, 0.717) is 5.56 Å². The first-order valence-corrected chi connectivity index (χ1v) is 9.64. The smallest absolute Gasteiger partial charge is 0.291 e. The third kappa shape index (κ3) is 3.41. The Labute approximate surface area is 150 Å². The number of rotatable bonds is 3. The number of carbonyl (C=O) groups is 1. The number of benzene rings is 1. The van der Waals surface area contributed by atoms with Gasteiger partial charge < -0.3 is 10.5 Å². The maximum atomic E-state index is 12.5. The molecule has 1 amide bonds. The van der Waals surface area contributed by atoms with E-state index < -0.39 is 27.3 Å². The van der Waals surface area contributed by atoms with Gasteiger partial charge in [0.15, 0.2) is 9.84 Å². The second kappa shape index (κ2) is 6.45. The zero-order valence-corrected chi connectivity index (χ0v) is 15.1. The van der Waals surface area contributed by atoms with Crippen molar-refractivity contribution in [1.29, 1.82) is 0 Å². The Balaban J connectivity index is 1.90. The van der Waals surface area contributed by atoms with Gasteiger partial charge in [-0.2, -0.15) is 0 Å². The molecular weight excluding hydrogens is 356 g/mol. The third-order valence-corrected chi connectivity index (χ3v) is 5.75. The fraction of sp³-hybridized carbons (Fsp3) is 0.222. The Bertz CT molecular complexity index is 1080. The zero-order valence-electron chi connectivity index (χ0n) is 14.3. The van der Waals surface area contributed by atoms with E-state index in [2.05, 4.69) is 5.32 Å². The lowest BCUT2D eigenvalue weighted by atomic mass is 10.0. The highest BCUT2D eigenvalue weighted by Gasteiger charge is 2.25. The first kappa shape index (κ1) is 17.9. The molecule has 0 radical (unpaired) electrons. The van der Waals surface area contributed by atoms with Crippen molar-refractivity contribution >= 4 is 15.7 Å². The molecule has 0 saturated heterocycles. The van der Waals surface area contributed by atoms with Crippen LogP contribution in [0.15, 0.2) is 46.6 Å². The second-order valence-corrected chi connectivity index (χ2v) is 8.22. The van der Waals surface area contributed by atoms with Crippen LogP contribution in [-0.2, 0) is 9.84 Å². The van der Waals surface area contributed by atoms with Crippen molar-refractivity contribution in [3.05, 3.63) is 69.0 Å². The van der Waals surface area contributed by atoms with Crippen molar-refractivity contribution in [3.63, 3.8) is 0 Å². The number of carbonyl (C=O) groups excluding carboxylic acids is 1. The molecule has 1 aromatic carbocycles.